The molecule has 1 heterocycles. The fourth-order valence-electron chi connectivity index (χ4n) is 1.84. The van der Waals surface area contributed by atoms with Crippen molar-refractivity contribution in [2.75, 3.05) is 19.6 Å². The van der Waals surface area contributed by atoms with Crippen LogP contribution in [0.4, 0.5) is 4.79 Å². The molecule has 98 valence electrons. The number of aliphatic hydroxyl groups excluding tert-OH is 1. The maximum absolute atomic E-state index is 11.7. The molecule has 0 aromatic heterocycles. The SMILES string of the molecule is CC(C)C(CNC(=O)N1CCC(O)C1)C(=O)O. The van der Waals surface area contributed by atoms with E-state index >= 15 is 0 Å². The fourth-order valence-corrected chi connectivity index (χ4v) is 1.84. The van der Waals surface area contributed by atoms with E-state index in [-0.39, 0.29) is 18.5 Å². The highest BCUT2D eigenvalue weighted by molar-refractivity contribution is 5.76. The molecule has 3 N–H and O–H groups in total. The molecular formula is C11H20N2O4. The Balaban J connectivity index is 2.39. The number of rotatable bonds is 4. The Hall–Kier alpha value is -1.30. The van der Waals surface area contributed by atoms with E-state index in [2.05, 4.69) is 5.32 Å². The van der Waals surface area contributed by atoms with Crippen LogP contribution in [0.25, 0.3) is 0 Å². The van der Waals surface area contributed by atoms with Crippen molar-refractivity contribution in [1.29, 1.82) is 0 Å². The highest BCUT2D eigenvalue weighted by Crippen LogP contribution is 2.11. The van der Waals surface area contributed by atoms with Crippen LogP contribution in [0.2, 0.25) is 0 Å². The summed E-state index contributed by atoms with van der Waals surface area (Å²) >= 11 is 0. The smallest absolute Gasteiger partial charge is 0.317 e. The molecule has 2 amide bonds. The van der Waals surface area contributed by atoms with Crippen molar-refractivity contribution in [3.63, 3.8) is 0 Å². The van der Waals surface area contributed by atoms with E-state index in [4.69, 9.17) is 5.11 Å². The first-order chi connectivity index (χ1) is 7.91. The normalized spacial score (nSPS) is 21.6. The number of hydrogen-bond donors (Lipinski definition) is 3. The average molecular weight is 244 g/mol. The van der Waals surface area contributed by atoms with Gasteiger partial charge in [-0.15, -0.1) is 0 Å². The van der Waals surface area contributed by atoms with Crippen molar-refractivity contribution < 1.29 is 19.8 Å². The Bertz CT molecular complexity index is 293. The van der Waals surface area contributed by atoms with Gasteiger partial charge in [0, 0.05) is 19.6 Å². The number of hydrogen-bond acceptors (Lipinski definition) is 3. The Morgan fingerprint density at radius 2 is 2.12 bits per heavy atom. The van der Waals surface area contributed by atoms with Gasteiger partial charge in [0.05, 0.1) is 12.0 Å². The van der Waals surface area contributed by atoms with Gasteiger partial charge in [-0.2, -0.15) is 0 Å². The number of carbonyl (C=O) groups excluding carboxylic acids is 1. The minimum absolute atomic E-state index is 0.0306. The van der Waals surface area contributed by atoms with Gasteiger partial charge < -0.3 is 20.4 Å². The lowest BCUT2D eigenvalue weighted by molar-refractivity contribution is -0.142. The lowest BCUT2D eigenvalue weighted by Crippen LogP contribution is -2.43. The van der Waals surface area contributed by atoms with Crippen molar-refractivity contribution in [1.82, 2.24) is 10.2 Å². The summed E-state index contributed by atoms with van der Waals surface area (Å²) in [6, 6.07) is -0.298. The van der Waals surface area contributed by atoms with E-state index in [1.54, 1.807) is 0 Å². The second kappa shape index (κ2) is 5.86. The van der Waals surface area contributed by atoms with Gasteiger partial charge in [-0.1, -0.05) is 13.8 Å². The zero-order chi connectivity index (χ0) is 13.0. The standard InChI is InChI=1S/C11H20N2O4/c1-7(2)9(10(15)16)5-12-11(17)13-4-3-8(14)6-13/h7-9,14H,3-6H2,1-2H3,(H,12,17)(H,15,16). The quantitative estimate of drug-likeness (QED) is 0.655. The number of nitrogens with zero attached hydrogens (tertiary/aromatic N) is 1. The highest BCUT2D eigenvalue weighted by atomic mass is 16.4. The first-order valence-electron chi connectivity index (χ1n) is 5.85. The molecule has 2 atom stereocenters. The largest absolute Gasteiger partial charge is 0.481 e. The molecule has 1 aliphatic heterocycles. The summed E-state index contributed by atoms with van der Waals surface area (Å²) in [5.41, 5.74) is 0. The van der Waals surface area contributed by atoms with E-state index < -0.39 is 18.0 Å². The van der Waals surface area contributed by atoms with Crippen LogP contribution in [0.3, 0.4) is 0 Å². The van der Waals surface area contributed by atoms with Gasteiger partial charge in [-0.25, -0.2) is 4.79 Å². The lowest BCUT2D eigenvalue weighted by atomic mass is 9.96. The van der Waals surface area contributed by atoms with Gasteiger partial charge >= 0.3 is 12.0 Å². The van der Waals surface area contributed by atoms with Crippen LogP contribution in [0.15, 0.2) is 0 Å². The summed E-state index contributed by atoms with van der Waals surface area (Å²) in [6.45, 7) is 4.59. The third-order valence-corrected chi connectivity index (χ3v) is 3.05. The van der Waals surface area contributed by atoms with E-state index in [0.717, 1.165) is 0 Å². The topological polar surface area (TPSA) is 89.9 Å². The first-order valence-corrected chi connectivity index (χ1v) is 5.85. The van der Waals surface area contributed by atoms with Crippen molar-refractivity contribution >= 4 is 12.0 Å². The summed E-state index contributed by atoms with van der Waals surface area (Å²) in [4.78, 5) is 24.1. The maximum Gasteiger partial charge on any atom is 0.317 e. The zero-order valence-electron chi connectivity index (χ0n) is 10.2. The van der Waals surface area contributed by atoms with Crippen molar-refractivity contribution in [3.05, 3.63) is 0 Å². The maximum atomic E-state index is 11.7. The first kappa shape index (κ1) is 13.8. The van der Waals surface area contributed by atoms with E-state index in [9.17, 15) is 14.7 Å². The molecule has 0 aliphatic carbocycles. The van der Waals surface area contributed by atoms with Gasteiger partial charge in [0.15, 0.2) is 0 Å². The molecule has 6 heteroatoms. The number of carboxylic acids is 1. The van der Waals surface area contributed by atoms with Gasteiger partial charge in [-0.05, 0) is 12.3 Å². The number of nitrogens with one attached hydrogen (secondary N) is 1. The van der Waals surface area contributed by atoms with Crippen molar-refractivity contribution in [2.24, 2.45) is 11.8 Å². The molecule has 6 nitrogen and oxygen atoms in total. The van der Waals surface area contributed by atoms with Gasteiger partial charge in [0.2, 0.25) is 0 Å². The van der Waals surface area contributed by atoms with Gasteiger partial charge in [0.1, 0.15) is 0 Å². The molecule has 1 saturated heterocycles. The zero-order valence-corrected chi connectivity index (χ0v) is 10.2. The van der Waals surface area contributed by atoms with Crippen LogP contribution in [-0.2, 0) is 4.79 Å². The minimum Gasteiger partial charge on any atom is -0.481 e. The third-order valence-electron chi connectivity index (χ3n) is 3.05. The fraction of sp³-hybridized carbons (Fsp3) is 0.818. The minimum atomic E-state index is -0.901. The third kappa shape index (κ3) is 3.89. The number of aliphatic hydroxyl groups is 1. The second-order valence-corrected chi connectivity index (χ2v) is 4.76. The molecular weight excluding hydrogens is 224 g/mol. The molecule has 0 spiro atoms. The van der Waals surface area contributed by atoms with Crippen LogP contribution in [0.5, 0.6) is 0 Å². The molecule has 0 aromatic rings. The van der Waals surface area contributed by atoms with Crippen molar-refractivity contribution in [2.45, 2.75) is 26.4 Å². The number of urea groups is 1. The molecule has 0 saturated carbocycles. The van der Waals surface area contributed by atoms with Crippen LogP contribution >= 0.6 is 0 Å². The summed E-state index contributed by atoms with van der Waals surface area (Å²) in [5, 5.41) is 20.8. The van der Waals surface area contributed by atoms with Gasteiger partial charge in [0.25, 0.3) is 0 Å². The molecule has 1 rings (SSSR count). The Kier molecular flexibility index (Phi) is 4.74. The number of likely N-dealkylation sites (tertiary alicyclic amines) is 1. The van der Waals surface area contributed by atoms with Crippen molar-refractivity contribution in [3.8, 4) is 0 Å². The van der Waals surface area contributed by atoms with E-state index in [1.807, 2.05) is 13.8 Å². The lowest BCUT2D eigenvalue weighted by Gasteiger charge is -2.20. The average Bonchev–Trinajstić information content (AvgIpc) is 2.63. The Morgan fingerprint density at radius 3 is 2.53 bits per heavy atom. The Labute approximate surface area is 101 Å². The number of β-amino-alcohol motifs (C(OH)–C–C–N with tert-alkyl or cyclic N) is 1. The Morgan fingerprint density at radius 1 is 1.47 bits per heavy atom. The number of carboxylic acid groups (broad SMARTS) is 1. The van der Waals surface area contributed by atoms with E-state index in [1.165, 1.54) is 4.90 Å². The second-order valence-electron chi connectivity index (χ2n) is 4.76. The molecule has 0 aromatic carbocycles. The molecule has 1 aliphatic rings. The molecule has 0 bridgehead atoms. The predicted molar refractivity (Wildman–Crippen MR) is 61.6 cm³/mol. The molecule has 17 heavy (non-hydrogen) atoms. The molecule has 0 radical (unpaired) electrons. The summed E-state index contributed by atoms with van der Waals surface area (Å²) in [7, 11) is 0. The predicted octanol–water partition coefficient (Wildman–Crippen LogP) is 0.119. The van der Waals surface area contributed by atoms with Gasteiger partial charge in [-0.3, -0.25) is 4.79 Å². The monoisotopic (exact) mass is 244 g/mol. The number of amides is 2. The van der Waals surface area contributed by atoms with Crippen LogP contribution < -0.4 is 5.32 Å². The summed E-state index contributed by atoms with van der Waals surface area (Å²) in [5.74, 6) is -1.51. The summed E-state index contributed by atoms with van der Waals surface area (Å²) in [6.07, 6.45) is 0.126. The molecule has 1 fully saturated rings. The number of aliphatic carboxylic acids is 1. The number of carbonyl (C=O) groups is 2. The molecule has 2 unspecified atom stereocenters. The summed E-state index contributed by atoms with van der Waals surface area (Å²) < 4.78 is 0. The highest BCUT2D eigenvalue weighted by Gasteiger charge is 2.27. The van der Waals surface area contributed by atoms with E-state index in [0.29, 0.717) is 19.5 Å². The van der Waals surface area contributed by atoms with Crippen LogP contribution in [0, 0.1) is 11.8 Å². The van der Waals surface area contributed by atoms with Crippen LogP contribution in [0.1, 0.15) is 20.3 Å². The van der Waals surface area contributed by atoms with Crippen LogP contribution in [-0.4, -0.2) is 52.9 Å².